The van der Waals surface area contributed by atoms with Gasteiger partial charge in [0.2, 0.25) is 0 Å². The summed E-state index contributed by atoms with van der Waals surface area (Å²) >= 11 is 13.5. The van der Waals surface area contributed by atoms with Crippen molar-refractivity contribution in [1.82, 2.24) is 0 Å². The van der Waals surface area contributed by atoms with Gasteiger partial charge in [-0.3, -0.25) is 0 Å². The van der Waals surface area contributed by atoms with Crippen molar-refractivity contribution in [2.24, 2.45) is 0 Å². The summed E-state index contributed by atoms with van der Waals surface area (Å²) in [7, 11) is 0. The van der Waals surface area contributed by atoms with Gasteiger partial charge in [-0.1, -0.05) is 71.7 Å². The quantitative estimate of drug-likeness (QED) is 0.444. The predicted octanol–water partition coefficient (Wildman–Crippen LogP) is 6.33. The molecule has 3 aromatic rings. The highest BCUT2D eigenvalue weighted by molar-refractivity contribution is 6.35. The van der Waals surface area contributed by atoms with E-state index < -0.39 is 0 Å². The Balaban J connectivity index is 2.08. The van der Waals surface area contributed by atoms with Gasteiger partial charge in [0.05, 0.1) is 0 Å². The third-order valence-corrected chi connectivity index (χ3v) is 6.74. The van der Waals surface area contributed by atoms with Crippen LogP contribution in [0.1, 0.15) is 47.2 Å². The van der Waals surface area contributed by atoms with Gasteiger partial charge in [0, 0.05) is 20.9 Å². The molecule has 0 atom stereocenters. The molecule has 0 spiro atoms. The van der Waals surface area contributed by atoms with Crippen LogP contribution in [0.5, 0.6) is 0 Å². The second-order valence-electron chi connectivity index (χ2n) is 7.12. The molecule has 118 valence electrons. The van der Waals surface area contributed by atoms with Crippen LogP contribution in [0.4, 0.5) is 0 Å². The number of halogens is 2. The van der Waals surface area contributed by atoms with Crippen LogP contribution < -0.4 is 0 Å². The lowest BCUT2D eigenvalue weighted by atomic mass is 9.48. The lowest BCUT2D eigenvalue weighted by molar-refractivity contribution is 0.512. The Labute approximate surface area is 152 Å². The van der Waals surface area contributed by atoms with E-state index in [1.165, 1.54) is 22.3 Å². The van der Waals surface area contributed by atoms with Gasteiger partial charge in [-0.15, -0.1) is 0 Å². The molecule has 0 saturated heterocycles. The standard InChI is InChI=1S/C22H16Cl2/c1-21-13-7-3-5-9-15(13)22(2,16-10-6-4-8-14(16)21)20-18(24)12-11-17(23)19(20)21/h3-12H,1-2H3. The molecule has 0 aliphatic heterocycles. The maximum absolute atomic E-state index is 6.73. The smallest absolute Gasteiger partial charge is 0.0454 e. The molecule has 2 heteroatoms. The van der Waals surface area contributed by atoms with Crippen LogP contribution in [0.15, 0.2) is 60.7 Å². The van der Waals surface area contributed by atoms with Gasteiger partial charge in [-0.25, -0.2) is 0 Å². The number of rotatable bonds is 0. The summed E-state index contributed by atoms with van der Waals surface area (Å²) in [6.45, 7) is 4.56. The third kappa shape index (κ3) is 1.40. The molecule has 0 unspecified atom stereocenters. The summed E-state index contributed by atoms with van der Waals surface area (Å²) < 4.78 is 0. The largest absolute Gasteiger partial charge is 0.0840 e. The predicted molar refractivity (Wildman–Crippen MR) is 100 cm³/mol. The summed E-state index contributed by atoms with van der Waals surface area (Å²) in [6.07, 6.45) is 0. The molecule has 0 radical (unpaired) electrons. The zero-order valence-electron chi connectivity index (χ0n) is 13.5. The van der Waals surface area contributed by atoms with E-state index in [0.717, 1.165) is 21.2 Å². The van der Waals surface area contributed by atoms with E-state index in [1.54, 1.807) is 0 Å². The second kappa shape index (κ2) is 4.45. The second-order valence-corrected chi connectivity index (χ2v) is 7.93. The number of hydrogen-bond acceptors (Lipinski definition) is 0. The molecular weight excluding hydrogens is 335 g/mol. The van der Waals surface area contributed by atoms with Crippen molar-refractivity contribution in [2.45, 2.75) is 24.7 Å². The van der Waals surface area contributed by atoms with Gasteiger partial charge in [0.15, 0.2) is 0 Å². The van der Waals surface area contributed by atoms with Crippen molar-refractivity contribution in [3.63, 3.8) is 0 Å². The van der Waals surface area contributed by atoms with Crippen LogP contribution in [0.3, 0.4) is 0 Å². The first kappa shape index (κ1) is 14.6. The Morgan fingerprint density at radius 2 is 0.833 bits per heavy atom. The topological polar surface area (TPSA) is 0 Å². The van der Waals surface area contributed by atoms with E-state index in [0.29, 0.717) is 0 Å². The molecule has 3 aromatic carbocycles. The number of hydrogen-bond donors (Lipinski definition) is 0. The Morgan fingerprint density at radius 3 is 1.12 bits per heavy atom. The fourth-order valence-corrected chi connectivity index (χ4v) is 5.76. The summed E-state index contributed by atoms with van der Waals surface area (Å²) in [5, 5.41) is 1.60. The minimum Gasteiger partial charge on any atom is -0.0840 e. The highest BCUT2D eigenvalue weighted by Crippen LogP contribution is 2.63. The molecule has 6 rings (SSSR count). The zero-order chi connectivity index (χ0) is 16.7. The van der Waals surface area contributed by atoms with Crippen molar-refractivity contribution < 1.29 is 0 Å². The normalized spacial score (nSPS) is 25.8. The number of benzene rings is 3. The molecule has 0 nitrogen and oxygen atoms in total. The van der Waals surface area contributed by atoms with Crippen molar-refractivity contribution in [1.29, 1.82) is 0 Å². The highest BCUT2D eigenvalue weighted by Gasteiger charge is 2.56. The Kier molecular flexibility index (Phi) is 2.70. The van der Waals surface area contributed by atoms with E-state index in [9.17, 15) is 0 Å². The lowest BCUT2D eigenvalue weighted by Gasteiger charge is -2.54. The van der Waals surface area contributed by atoms with Gasteiger partial charge < -0.3 is 0 Å². The van der Waals surface area contributed by atoms with Gasteiger partial charge in [0.25, 0.3) is 0 Å². The van der Waals surface area contributed by atoms with E-state index >= 15 is 0 Å². The first-order valence-corrected chi connectivity index (χ1v) is 8.95. The molecule has 24 heavy (non-hydrogen) atoms. The summed E-state index contributed by atoms with van der Waals surface area (Å²) in [6, 6.07) is 21.3. The Bertz CT molecular complexity index is 888. The minimum atomic E-state index is -0.276. The van der Waals surface area contributed by atoms with Crippen LogP contribution in [0.25, 0.3) is 0 Å². The minimum absolute atomic E-state index is 0.276. The molecule has 0 fully saturated rings. The maximum atomic E-state index is 6.73. The Hall–Kier alpha value is -1.76. The van der Waals surface area contributed by atoms with Crippen LogP contribution >= 0.6 is 23.2 Å². The average molecular weight is 351 g/mol. The van der Waals surface area contributed by atoms with Crippen LogP contribution in [-0.2, 0) is 10.8 Å². The fourth-order valence-electron chi connectivity index (χ4n) is 5.07. The van der Waals surface area contributed by atoms with Gasteiger partial charge >= 0.3 is 0 Å². The summed E-state index contributed by atoms with van der Waals surface area (Å²) in [5.74, 6) is 0. The van der Waals surface area contributed by atoms with Crippen LogP contribution in [0.2, 0.25) is 10.0 Å². The van der Waals surface area contributed by atoms with Crippen molar-refractivity contribution in [2.75, 3.05) is 0 Å². The van der Waals surface area contributed by atoms with Gasteiger partial charge in [-0.05, 0) is 59.4 Å². The molecule has 0 N–H and O–H groups in total. The summed E-state index contributed by atoms with van der Waals surface area (Å²) in [5.41, 5.74) is 7.12. The highest BCUT2D eigenvalue weighted by atomic mass is 35.5. The average Bonchev–Trinajstić information content (AvgIpc) is 2.61. The SMILES string of the molecule is CC12c3ccccc3C(C)(c3ccccc31)c1c(Cl)ccc(Cl)c12. The summed E-state index contributed by atoms with van der Waals surface area (Å²) in [4.78, 5) is 0. The molecule has 0 amide bonds. The molecule has 3 aliphatic rings. The van der Waals surface area contributed by atoms with Crippen molar-refractivity contribution in [3.05, 3.63) is 104 Å². The van der Waals surface area contributed by atoms with E-state index in [2.05, 4.69) is 62.4 Å². The lowest BCUT2D eigenvalue weighted by Crippen LogP contribution is -2.48. The van der Waals surface area contributed by atoms with Crippen molar-refractivity contribution >= 4 is 23.2 Å². The Morgan fingerprint density at radius 1 is 0.542 bits per heavy atom. The molecule has 0 heterocycles. The molecule has 0 saturated carbocycles. The van der Waals surface area contributed by atoms with E-state index in [-0.39, 0.29) is 10.8 Å². The molecular formula is C22H16Cl2. The van der Waals surface area contributed by atoms with Gasteiger partial charge in [-0.2, -0.15) is 0 Å². The first-order chi connectivity index (χ1) is 11.5. The van der Waals surface area contributed by atoms with Crippen LogP contribution in [-0.4, -0.2) is 0 Å². The molecule has 3 aliphatic carbocycles. The molecule has 2 bridgehead atoms. The maximum Gasteiger partial charge on any atom is 0.0454 e. The van der Waals surface area contributed by atoms with Crippen LogP contribution in [0, 0.1) is 0 Å². The first-order valence-electron chi connectivity index (χ1n) is 8.19. The molecule has 0 aromatic heterocycles. The monoisotopic (exact) mass is 350 g/mol. The van der Waals surface area contributed by atoms with Gasteiger partial charge in [0.1, 0.15) is 0 Å². The van der Waals surface area contributed by atoms with Crippen molar-refractivity contribution in [3.8, 4) is 0 Å². The third-order valence-electron chi connectivity index (χ3n) is 6.11. The fraction of sp³-hybridized carbons (Fsp3) is 0.182. The van der Waals surface area contributed by atoms with E-state index in [4.69, 9.17) is 23.2 Å². The zero-order valence-corrected chi connectivity index (χ0v) is 15.0. The van der Waals surface area contributed by atoms with E-state index in [1.807, 2.05) is 12.1 Å².